The van der Waals surface area contributed by atoms with Gasteiger partial charge in [-0.2, -0.15) is 0 Å². The molecule has 1 saturated carbocycles. The second-order valence-electron chi connectivity index (χ2n) is 11.0. The number of hydrogen-bond acceptors (Lipinski definition) is 4. The minimum absolute atomic E-state index is 0.0601. The molecule has 4 atom stereocenters. The Kier molecular flexibility index (Phi) is 7.26. The van der Waals surface area contributed by atoms with Crippen molar-refractivity contribution in [3.8, 4) is 0 Å². The van der Waals surface area contributed by atoms with Gasteiger partial charge >= 0.3 is 0 Å². The van der Waals surface area contributed by atoms with E-state index in [-0.39, 0.29) is 40.5 Å². The molecule has 2 aliphatic heterocycles. The van der Waals surface area contributed by atoms with Crippen LogP contribution in [0.1, 0.15) is 63.0 Å². The van der Waals surface area contributed by atoms with Gasteiger partial charge in [-0.05, 0) is 67.3 Å². The summed E-state index contributed by atoms with van der Waals surface area (Å²) in [6, 6.07) is 8.55. The summed E-state index contributed by atoms with van der Waals surface area (Å²) >= 11 is 12.5. The van der Waals surface area contributed by atoms with E-state index < -0.39 is 29.2 Å². The maximum atomic E-state index is 15.7. The fourth-order valence-corrected chi connectivity index (χ4v) is 6.91. The molecule has 4 N–H and O–H groups in total. The Bertz CT molecular complexity index is 1220. The molecule has 0 aromatic heterocycles. The quantitative estimate of drug-likeness (QED) is 0.428. The third-order valence-electron chi connectivity index (χ3n) is 8.15. The van der Waals surface area contributed by atoms with E-state index in [1.165, 1.54) is 6.07 Å². The van der Waals surface area contributed by atoms with Crippen molar-refractivity contribution in [2.45, 2.75) is 81.5 Å². The molecule has 5 rings (SSSR count). The number of anilines is 1. The Hall–Kier alpha value is -2.19. The van der Waals surface area contributed by atoms with Crippen LogP contribution in [-0.4, -0.2) is 41.2 Å². The lowest BCUT2D eigenvalue weighted by Gasteiger charge is -2.36. The molecule has 0 radical (unpaired) electrons. The van der Waals surface area contributed by atoms with Gasteiger partial charge in [0.05, 0.1) is 17.2 Å². The van der Waals surface area contributed by atoms with Crippen LogP contribution < -0.4 is 16.0 Å². The van der Waals surface area contributed by atoms with E-state index in [1.54, 1.807) is 24.3 Å². The van der Waals surface area contributed by atoms with Crippen molar-refractivity contribution < 1.29 is 19.1 Å². The number of carbonyl (C=O) groups is 2. The normalized spacial score (nSPS) is 31.0. The Labute approximate surface area is 226 Å². The fourth-order valence-electron chi connectivity index (χ4n) is 6.56. The summed E-state index contributed by atoms with van der Waals surface area (Å²) in [7, 11) is 0. The predicted molar refractivity (Wildman–Crippen MR) is 142 cm³/mol. The topological polar surface area (TPSA) is 90.5 Å². The third-order valence-corrected chi connectivity index (χ3v) is 8.68. The van der Waals surface area contributed by atoms with Gasteiger partial charge in [-0.15, -0.1) is 0 Å². The number of benzene rings is 2. The van der Waals surface area contributed by atoms with Crippen LogP contribution in [0.25, 0.3) is 0 Å². The van der Waals surface area contributed by atoms with Crippen molar-refractivity contribution in [2.75, 3.05) is 5.32 Å². The van der Waals surface area contributed by atoms with Crippen LogP contribution in [0.3, 0.4) is 0 Å². The predicted octanol–water partition coefficient (Wildman–Crippen LogP) is 4.91. The molecule has 2 aromatic rings. The van der Waals surface area contributed by atoms with E-state index in [4.69, 9.17) is 23.2 Å². The molecular weight excluding hydrogens is 516 g/mol. The fraction of sp³-hybridized carbons (Fsp3) is 0.500. The van der Waals surface area contributed by atoms with Crippen molar-refractivity contribution >= 4 is 40.7 Å². The van der Waals surface area contributed by atoms with E-state index in [0.29, 0.717) is 48.4 Å². The van der Waals surface area contributed by atoms with Gasteiger partial charge in [0, 0.05) is 28.7 Å². The standard InChI is InChI=1S/C28H32Cl2FN3O3/c1-14(2)12-22-28(19-11-6-15(29)13-21(19)33-27(28)37)23(18-4-3-5-20(30)24(18)31)25(34-22)26(36)32-16-7-9-17(35)10-8-16/h3-6,11,13-14,16-17,22-23,25,34-35H,7-10,12H2,1-2H3,(H,32,36)(H,33,37)/t16?,17?,22-,23+,25-,28+/m1/s1. The van der Waals surface area contributed by atoms with Crippen LogP contribution in [-0.2, 0) is 15.0 Å². The molecule has 1 aliphatic carbocycles. The highest BCUT2D eigenvalue weighted by Crippen LogP contribution is 2.56. The number of fused-ring (bicyclic) bond motifs is 2. The van der Waals surface area contributed by atoms with E-state index in [1.807, 2.05) is 6.07 Å². The number of aliphatic hydroxyl groups is 1. The number of hydrogen-bond donors (Lipinski definition) is 4. The number of aliphatic hydroxyl groups excluding tert-OH is 1. The number of carbonyl (C=O) groups excluding carboxylic acids is 2. The Balaban J connectivity index is 1.65. The van der Waals surface area contributed by atoms with Gasteiger partial charge in [-0.1, -0.05) is 55.2 Å². The lowest BCUT2D eigenvalue weighted by atomic mass is 9.63. The van der Waals surface area contributed by atoms with Gasteiger partial charge in [0.2, 0.25) is 11.8 Å². The van der Waals surface area contributed by atoms with E-state index in [9.17, 15) is 14.7 Å². The Morgan fingerprint density at radius 1 is 1.19 bits per heavy atom. The van der Waals surface area contributed by atoms with Crippen LogP contribution in [0.4, 0.5) is 10.1 Å². The van der Waals surface area contributed by atoms with Gasteiger partial charge in [-0.3, -0.25) is 9.59 Å². The van der Waals surface area contributed by atoms with E-state index >= 15 is 4.39 Å². The molecule has 2 aromatic carbocycles. The molecule has 0 unspecified atom stereocenters. The first-order valence-electron chi connectivity index (χ1n) is 12.9. The first-order valence-corrected chi connectivity index (χ1v) is 13.7. The zero-order valence-corrected chi connectivity index (χ0v) is 22.4. The molecule has 3 aliphatic rings. The Morgan fingerprint density at radius 3 is 2.62 bits per heavy atom. The molecule has 6 nitrogen and oxygen atoms in total. The average Bonchev–Trinajstić information content (AvgIpc) is 3.32. The molecule has 9 heteroatoms. The van der Waals surface area contributed by atoms with Crippen molar-refractivity contribution in [2.24, 2.45) is 5.92 Å². The summed E-state index contributed by atoms with van der Waals surface area (Å²) < 4.78 is 15.7. The van der Waals surface area contributed by atoms with Crippen molar-refractivity contribution in [1.82, 2.24) is 10.6 Å². The molecule has 2 amide bonds. The number of rotatable bonds is 5. The zero-order chi connectivity index (χ0) is 26.5. The van der Waals surface area contributed by atoms with Crippen LogP contribution in [0.2, 0.25) is 10.0 Å². The van der Waals surface area contributed by atoms with Crippen LogP contribution >= 0.6 is 23.2 Å². The highest BCUT2D eigenvalue weighted by molar-refractivity contribution is 6.31. The molecule has 2 fully saturated rings. The van der Waals surface area contributed by atoms with Crippen molar-refractivity contribution in [3.05, 3.63) is 63.4 Å². The summed E-state index contributed by atoms with van der Waals surface area (Å²) in [5.41, 5.74) is 0.243. The first kappa shape index (κ1) is 26.4. The number of halogens is 3. The lowest BCUT2D eigenvalue weighted by molar-refractivity contribution is -0.124. The van der Waals surface area contributed by atoms with Gasteiger partial charge in [-0.25, -0.2) is 4.39 Å². The van der Waals surface area contributed by atoms with Crippen LogP contribution in [0, 0.1) is 11.7 Å². The van der Waals surface area contributed by atoms with Crippen molar-refractivity contribution in [3.63, 3.8) is 0 Å². The lowest BCUT2D eigenvalue weighted by Crippen LogP contribution is -2.49. The summed E-state index contributed by atoms with van der Waals surface area (Å²) in [6.07, 6.45) is 2.80. The first-order chi connectivity index (χ1) is 17.6. The minimum atomic E-state index is -1.25. The molecule has 37 heavy (non-hydrogen) atoms. The smallest absolute Gasteiger partial charge is 0.238 e. The summed E-state index contributed by atoms with van der Waals surface area (Å²) in [6.45, 7) is 4.11. The summed E-state index contributed by atoms with van der Waals surface area (Å²) in [5, 5.41) is 19.9. The molecule has 1 spiro atoms. The molecule has 198 valence electrons. The van der Waals surface area contributed by atoms with Gasteiger partial charge in [0.1, 0.15) is 11.2 Å². The molecule has 2 heterocycles. The summed E-state index contributed by atoms with van der Waals surface area (Å²) in [5.74, 6) is -1.86. The highest BCUT2D eigenvalue weighted by atomic mass is 35.5. The largest absolute Gasteiger partial charge is 0.393 e. The maximum absolute atomic E-state index is 15.7. The summed E-state index contributed by atoms with van der Waals surface area (Å²) in [4.78, 5) is 27.9. The number of amides is 2. The average molecular weight is 548 g/mol. The van der Waals surface area contributed by atoms with Crippen molar-refractivity contribution in [1.29, 1.82) is 0 Å². The van der Waals surface area contributed by atoms with E-state index in [0.717, 1.165) is 0 Å². The third kappa shape index (κ3) is 4.54. The van der Waals surface area contributed by atoms with Crippen LogP contribution in [0.15, 0.2) is 36.4 Å². The van der Waals surface area contributed by atoms with Gasteiger partial charge in [0.25, 0.3) is 0 Å². The maximum Gasteiger partial charge on any atom is 0.238 e. The second-order valence-corrected chi connectivity index (χ2v) is 11.8. The number of nitrogens with one attached hydrogen (secondary N) is 3. The SMILES string of the molecule is CC(C)C[C@H]1N[C@@H](C(=O)NC2CCC(O)CC2)[C@H](c2cccc(Cl)c2F)[C@@]12C(=O)Nc1cc(Cl)ccc12. The molecule has 1 saturated heterocycles. The minimum Gasteiger partial charge on any atom is -0.393 e. The monoisotopic (exact) mass is 547 g/mol. The molecular formula is C28H32Cl2FN3O3. The van der Waals surface area contributed by atoms with Gasteiger partial charge in [0.15, 0.2) is 0 Å². The Morgan fingerprint density at radius 2 is 1.92 bits per heavy atom. The van der Waals surface area contributed by atoms with E-state index in [2.05, 4.69) is 29.8 Å². The zero-order valence-electron chi connectivity index (χ0n) is 20.9. The highest BCUT2D eigenvalue weighted by Gasteiger charge is 2.65. The second kappa shape index (κ2) is 10.2. The molecule has 0 bridgehead atoms. The van der Waals surface area contributed by atoms with Gasteiger partial charge < -0.3 is 21.1 Å². The van der Waals surface area contributed by atoms with Crippen LogP contribution in [0.5, 0.6) is 0 Å².